The molecule has 1 heterocycles. The Kier molecular flexibility index (Phi) is 1.33. The molecule has 1 atom stereocenters. The summed E-state index contributed by atoms with van der Waals surface area (Å²) in [6.45, 7) is 4.44. The lowest BCUT2D eigenvalue weighted by molar-refractivity contribution is 0.675. The van der Waals surface area contributed by atoms with E-state index in [9.17, 15) is 0 Å². The molecule has 0 aromatic carbocycles. The Hall–Kier alpha value is -1.07. The van der Waals surface area contributed by atoms with Crippen LogP contribution < -0.4 is 0 Å². The Morgan fingerprint density at radius 3 is 3.27 bits per heavy atom. The van der Waals surface area contributed by atoms with Crippen molar-refractivity contribution < 1.29 is 0 Å². The minimum atomic E-state index is 0.681. The molecule has 1 nitrogen and oxygen atoms in total. The van der Waals surface area contributed by atoms with Gasteiger partial charge in [0.05, 0.1) is 5.70 Å². The van der Waals surface area contributed by atoms with Gasteiger partial charge in [0.2, 0.25) is 0 Å². The summed E-state index contributed by atoms with van der Waals surface area (Å²) in [5.41, 5.74) is 3.88. The molecule has 56 valence electrons. The maximum Gasteiger partial charge on any atom is 0.0768 e. The summed E-state index contributed by atoms with van der Waals surface area (Å²) in [5, 5.41) is 0. The van der Waals surface area contributed by atoms with Crippen molar-refractivity contribution in [3.8, 4) is 0 Å². The molecule has 0 radical (unpaired) electrons. The van der Waals surface area contributed by atoms with Gasteiger partial charge in [-0.3, -0.25) is 0 Å². The summed E-state index contributed by atoms with van der Waals surface area (Å²) in [7, 11) is 0. The van der Waals surface area contributed by atoms with Gasteiger partial charge in [0.25, 0.3) is 0 Å². The molecule has 0 saturated carbocycles. The van der Waals surface area contributed by atoms with Crippen molar-refractivity contribution >= 4 is 5.87 Å². The van der Waals surface area contributed by atoms with E-state index in [1.807, 2.05) is 6.08 Å². The molecular formula is C10H11N. The fourth-order valence-corrected chi connectivity index (χ4v) is 1.50. The SMILES string of the molecule is CC1=C2C=C=NC2=CCC1C. The van der Waals surface area contributed by atoms with Crippen LogP contribution >= 0.6 is 0 Å². The predicted octanol–water partition coefficient (Wildman–Crippen LogP) is 2.47. The van der Waals surface area contributed by atoms with Crippen molar-refractivity contribution in [2.24, 2.45) is 10.9 Å². The summed E-state index contributed by atoms with van der Waals surface area (Å²) in [6.07, 6.45) is 5.31. The second-order valence-electron chi connectivity index (χ2n) is 3.21. The summed E-state index contributed by atoms with van der Waals surface area (Å²) >= 11 is 0. The van der Waals surface area contributed by atoms with Crippen LogP contribution in [0.25, 0.3) is 0 Å². The lowest BCUT2D eigenvalue weighted by Crippen LogP contribution is -2.03. The number of nitrogens with zero attached hydrogens (tertiary/aromatic N) is 1. The molecule has 2 rings (SSSR count). The van der Waals surface area contributed by atoms with E-state index in [2.05, 4.69) is 30.8 Å². The van der Waals surface area contributed by atoms with Crippen LogP contribution in [0.15, 0.2) is 34.0 Å². The second kappa shape index (κ2) is 2.21. The van der Waals surface area contributed by atoms with Gasteiger partial charge in [-0.25, -0.2) is 4.99 Å². The molecule has 1 aliphatic heterocycles. The highest BCUT2D eigenvalue weighted by Crippen LogP contribution is 2.31. The molecule has 1 unspecified atom stereocenters. The molecule has 1 heteroatoms. The maximum atomic E-state index is 4.14. The third-order valence-electron chi connectivity index (χ3n) is 2.50. The van der Waals surface area contributed by atoms with Crippen molar-refractivity contribution in [3.63, 3.8) is 0 Å². The molecule has 11 heavy (non-hydrogen) atoms. The Morgan fingerprint density at radius 1 is 1.64 bits per heavy atom. The highest BCUT2D eigenvalue weighted by molar-refractivity contribution is 5.71. The second-order valence-corrected chi connectivity index (χ2v) is 3.21. The van der Waals surface area contributed by atoms with Crippen LogP contribution in [0.1, 0.15) is 20.3 Å². The summed E-state index contributed by atoms with van der Waals surface area (Å²) < 4.78 is 0. The number of allylic oxidation sites excluding steroid dienone is 3. The molecule has 2 aliphatic rings. The van der Waals surface area contributed by atoms with E-state index in [4.69, 9.17) is 0 Å². The van der Waals surface area contributed by atoms with Crippen molar-refractivity contribution in [1.29, 1.82) is 0 Å². The molecule has 0 bridgehead atoms. The van der Waals surface area contributed by atoms with Gasteiger partial charge in [-0.1, -0.05) is 18.6 Å². The normalized spacial score (nSPS) is 27.5. The first-order chi connectivity index (χ1) is 5.29. The maximum absolute atomic E-state index is 4.14. The summed E-state index contributed by atoms with van der Waals surface area (Å²) in [6, 6.07) is 0. The van der Waals surface area contributed by atoms with Crippen molar-refractivity contribution in [3.05, 3.63) is 29.0 Å². The number of rotatable bonds is 0. The van der Waals surface area contributed by atoms with Gasteiger partial charge in [0, 0.05) is 11.6 Å². The van der Waals surface area contributed by atoms with Crippen LogP contribution in [0.5, 0.6) is 0 Å². The molecule has 0 aromatic heterocycles. The summed E-state index contributed by atoms with van der Waals surface area (Å²) in [4.78, 5) is 4.14. The zero-order chi connectivity index (χ0) is 7.84. The van der Waals surface area contributed by atoms with Gasteiger partial charge in [-0.15, -0.1) is 0 Å². The van der Waals surface area contributed by atoms with Crippen LogP contribution in [0.4, 0.5) is 0 Å². The smallest absolute Gasteiger partial charge is 0.0768 e. The lowest BCUT2D eigenvalue weighted by Gasteiger charge is -2.17. The Bertz CT molecular complexity index is 312. The molecule has 0 N–H and O–H groups in total. The van der Waals surface area contributed by atoms with Crippen LogP contribution in [-0.2, 0) is 0 Å². The zero-order valence-electron chi connectivity index (χ0n) is 6.89. The van der Waals surface area contributed by atoms with E-state index < -0.39 is 0 Å². The van der Waals surface area contributed by atoms with E-state index in [0.29, 0.717) is 5.92 Å². The average Bonchev–Trinajstić information content (AvgIpc) is 2.45. The van der Waals surface area contributed by atoms with Gasteiger partial charge in [0.1, 0.15) is 0 Å². The first-order valence-electron chi connectivity index (χ1n) is 4.00. The topological polar surface area (TPSA) is 12.4 Å². The summed E-state index contributed by atoms with van der Waals surface area (Å²) in [5.74, 6) is 3.57. The highest BCUT2D eigenvalue weighted by Gasteiger charge is 2.17. The lowest BCUT2D eigenvalue weighted by atomic mass is 9.88. The third-order valence-corrected chi connectivity index (χ3v) is 2.50. The van der Waals surface area contributed by atoms with Crippen LogP contribution in [-0.4, -0.2) is 5.87 Å². The molecule has 0 aromatic rings. The minimum absolute atomic E-state index is 0.681. The van der Waals surface area contributed by atoms with Crippen LogP contribution in [0.3, 0.4) is 0 Å². The number of fused-ring (bicyclic) bond motifs is 1. The number of hydrogen-bond acceptors (Lipinski definition) is 1. The first kappa shape index (κ1) is 6.63. The molecule has 0 amide bonds. The number of hydrogen-bond donors (Lipinski definition) is 0. The van der Waals surface area contributed by atoms with Gasteiger partial charge < -0.3 is 0 Å². The van der Waals surface area contributed by atoms with Gasteiger partial charge in [0.15, 0.2) is 0 Å². The van der Waals surface area contributed by atoms with E-state index >= 15 is 0 Å². The quantitative estimate of drug-likeness (QED) is 0.496. The van der Waals surface area contributed by atoms with Gasteiger partial charge in [-0.2, -0.15) is 0 Å². The van der Waals surface area contributed by atoms with Gasteiger partial charge >= 0.3 is 0 Å². The van der Waals surface area contributed by atoms with E-state index in [-0.39, 0.29) is 0 Å². The van der Waals surface area contributed by atoms with Crippen molar-refractivity contribution in [2.75, 3.05) is 0 Å². The Labute approximate surface area is 66.8 Å². The van der Waals surface area contributed by atoms with Gasteiger partial charge in [-0.05, 0) is 25.1 Å². The van der Waals surface area contributed by atoms with E-state index in [0.717, 1.165) is 12.1 Å². The Balaban J connectivity index is 2.50. The third kappa shape index (κ3) is 0.892. The molecule has 1 aliphatic carbocycles. The predicted molar refractivity (Wildman–Crippen MR) is 46.6 cm³/mol. The van der Waals surface area contributed by atoms with Crippen molar-refractivity contribution in [2.45, 2.75) is 20.3 Å². The van der Waals surface area contributed by atoms with E-state index in [1.54, 1.807) is 0 Å². The number of aliphatic imine (C=N–C) groups is 1. The molecule has 0 fully saturated rings. The average molecular weight is 145 g/mol. The monoisotopic (exact) mass is 145 g/mol. The molecule has 0 saturated heterocycles. The fourth-order valence-electron chi connectivity index (χ4n) is 1.50. The van der Waals surface area contributed by atoms with Crippen LogP contribution in [0, 0.1) is 5.92 Å². The largest absolute Gasteiger partial charge is 0.206 e. The van der Waals surface area contributed by atoms with Crippen LogP contribution in [0.2, 0.25) is 0 Å². The highest BCUT2D eigenvalue weighted by atomic mass is 14.7. The molecule has 0 spiro atoms. The zero-order valence-corrected chi connectivity index (χ0v) is 6.89. The Morgan fingerprint density at radius 2 is 2.45 bits per heavy atom. The fraction of sp³-hybridized carbons (Fsp3) is 0.400. The first-order valence-corrected chi connectivity index (χ1v) is 4.00. The minimum Gasteiger partial charge on any atom is -0.206 e. The standard InChI is InChI=1S/C10H11N/c1-7-3-4-10-9(8(7)2)5-6-11-10/h4-5,7H,3H2,1-2H3. The molecular weight excluding hydrogens is 134 g/mol. The van der Waals surface area contributed by atoms with E-state index in [1.165, 1.54) is 11.1 Å². The van der Waals surface area contributed by atoms with Crippen molar-refractivity contribution in [1.82, 2.24) is 0 Å².